The summed E-state index contributed by atoms with van der Waals surface area (Å²) >= 11 is 5.77. The average Bonchev–Trinajstić information content (AvgIpc) is 3.14. The highest BCUT2D eigenvalue weighted by atomic mass is 32.1. The van der Waals surface area contributed by atoms with Crippen molar-refractivity contribution in [3.05, 3.63) is 96.1 Å². The van der Waals surface area contributed by atoms with E-state index >= 15 is 0 Å². The standard InChI is InChI=1S/C25H26N2OS/c29-25-26(16-8-13-21-9-3-1-4-10-21)17-18-27(25)23-14-7-15-24(19-23)28-20-22-11-5-2-6-12-22/h1-7,9-12,14-15,19H,8,13,16-18,20H2. The molecule has 1 saturated heterocycles. The van der Waals surface area contributed by atoms with E-state index < -0.39 is 0 Å². The van der Waals surface area contributed by atoms with E-state index in [0.29, 0.717) is 6.61 Å². The summed E-state index contributed by atoms with van der Waals surface area (Å²) in [4.78, 5) is 4.53. The van der Waals surface area contributed by atoms with Crippen LogP contribution in [0.3, 0.4) is 0 Å². The Morgan fingerprint density at radius 3 is 2.28 bits per heavy atom. The Bertz CT molecular complexity index is 930. The zero-order valence-corrected chi connectivity index (χ0v) is 17.4. The van der Waals surface area contributed by atoms with Gasteiger partial charge in [-0.3, -0.25) is 0 Å². The van der Waals surface area contributed by atoms with Crippen molar-refractivity contribution in [2.24, 2.45) is 0 Å². The van der Waals surface area contributed by atoms with Crippen LogP contribution >= 0.6 is 12.2 Å². The molecule has 3 nitrogen and oxygen atoms in total. The van der Waals surface area contributed by atoms with E-state index in [0.717, 1.165) is 49.0 Å². The number of hydrogen-bond donors (Lipinski definition) is 0. The second-order valence-electron chi connectivity index (χ2n) is 7.28. The van der Waals surface area contributed by atoms with Crippen LogP contribution in [0.15, 0.2) is 84.9 Å². The number of anilines is 1. The van der Waals surface area contributed by atoms with Gasteiger partial charge in [0.2, 0.25) is 0 Å². The summed E-state index contributed by atoms with van der Waals surface area (Å²) in [5, 5.41) is 0.915. The molecule has 0 atom stereocenters. The Kier molecular flexibility index (Phi) is 6.42. The molecule has 0 bridgehead atoms. The van der Waals surface area contributed by atoms with E-state index in [-0.39, 0.29) is 0 Å². The third-order valence-electron chi connectivity index (χ3n) is 5.21. The van der Waals surface area contributed by atoms with Crippen LogP contribution in [0.4, 0.5) is 5.69 Å². The van der Waals surface area contributed by atoms with Crippen LogP contribution in [0.1, 0.15) is 17.5 Å². The zero-order valence-electron chi connectivity index (χ0n) is 16.5. The second-order valence-corrected chi connectivity index (χ2v) is 7.65. The minimum Gasteiger partial charge on any atom is -0.489 e. The lowest BCUT2D eigenvalue weighted by molar-refractivity contribution is 0.306. The van der Waals surface area contributed by atoms with Crippen LogP contribution in [0.2, 0.25) is 0 Å². The number of benzene rings is 3. The van der Waals surface area contributed by atoms with E-state index in [4.69, 9.17) is 17.0 Å². The summed E-state index contributed by atoms with van der Waals surface area (Å²) in [6, 6.07) is 29.1. The Balaban J connectivity index is 1.32. The molecule has 1 heterocycles. The monoisotopic (exact) mass is 402 g/mol. The molecule has 0 aromatic heterocycles. The lowest BCUT2D eigenvalue weighted by Crippen LogP contribution is -2.32. The molecule has 1 aliphatic rings. The first-order valence-corrected chi connectivity index (χ1v) is 10.6. The first-order valence-electron chi connectivity index (χ1n) is 10.2. The molecule has 0 saturated carbocycles. The molecule has 0 spiro atoms. The summed E-state index contributed by atoms with van der Waals surface area (Å²) in [5.74, 6) is 0.872. The van der Waals surface area contributed by atoms with Crippen molar-refractivity contribution in [1.82, 2.24) is 4.90 Å². The van der Waals surface area contributed by atoms with Gasteiger partial charge in [0.25, 0.3) is 0 Å². The van der Waals surface area contributed by atoms with Crippen LogP contribution in [0.5, 0.6) is 5.75 Å². The van der Waals surface area contributed by atoms with Gasteiger partial charge in [-0.25, -0.2) is 0 Å². The molecule has 1 fully saturated rings. The van der Waals surface area contributed by atoms with Crippen LogP contribution < -0.4 is 9.64 Å². The van der Waals surface area contributed by atoms with E-state index in [1.807, 2.05) is 30.3 Å². The number of ether oxygens (including phenoxy) is 1. The topological polar surface area (TPSA) is 15.7 Å². The summed E-state index contributed by atoms with van der Waals surface area (Å²) in [7, 11) is 0. The Hall–Kier alpha value is -2.85. The molecule has 0 aliphatic carbocycles. The Morgan fingerprint density at radius 2 is 1.52 bits per heavy atom. The fourth-order valence-corrected chi connectivity index (χ4v) is 4.01. The number of nitrogens with zero attached hydrogens (tertiary/aromatic N) is 2. The molecule has 0 N–H and O–H groups in total. The van der Waals surface area contributed by atoms with E-state index in [1.54, 1.807) is 0 Å². The zero-order chi connectivity index (χ0) is 19.9. The van der Waals surface area contributed by atoms with Gasteiger partial charge >= 0.3 is 0 Å². The van der Waals surface area contributed by atoms with Gasteiger partial charge in [-0.2, -0.15) is 0 Å². The van der Waals surface area contributed by atoms with Gasteiger partial charge in [-0.15, -0.1) is 0 Å². The van der Waals surface area contributed by atoms with Crippen LogP contribution in [-0.2, 0) is 13.0 Å². The predicted octanol–water partition coefficient (Wildman–Crippen LogP) is 5.31. The molecule has 148 valence electrons. The molecule has 0 unspecified atom stereocenters. The van der Waals surface area contributed by atoms with Gasteiger partial charge in [0.1, 0.15) is 12.4 Å². The van der Waals surface area contributed by atoms with Crippen molar-refractivity contribution in [2.75, 3.05) is 24.5 Å². The van der Waals surface area contributed by atoms with Crippen LogP contribution in [0, 0.1) is 0 Å². The van der Waals surface area contributed by atoms with Crippen molar-refractivity contribution < 1.29 is 4.74 Å². The van der Waals surface area contributed by atoms with E-state index in [2.05, 4.69) is 64.4 Å². The first kappa shape index (κ1) is 19.5. The second kappa shape index (κ2) is 9.57. The molecule has 4 heteroatoms. The van der Waals surface area contributed by atoms with Crippen molar-refractivity contribution >= 4 is 23.0 Å². The Labute approximate surface area is 178 Å². The number of rotatable bonds is 8. The summed E-state index contributed by atoms with van der Waals surface area (Å²) in [6.45, 7) is 3.46. The van der Waals surface area contributed by atoms with Gasteiger partial charge < -0.3 is 14.5 Å². The molecule has 4 rings (SSSR count). The maximum absolute atomic E-state index is 5.98. The highest BCUT2D eigenvalue weighted by Gasteiger charge is 2.25. The third kappa shape index (κ3) is 5.15. The maximum Gasteiger partial charge on any atom is 0.176 e. The molecule has 1 aliphatic heterocycles. The minimum atomic E-state index is 0.570. The van der Waals surface area contributed by atoms with Crippen LogP contribution in [-0.4, -0.2) is 29.6 Å². The van der Waals surface area contributed by atoms with Crippen LogP contribution in [0.25, 0.3) is 0 Å². The molecule has 3 aromatic carbocycles. The first-order chi connectivity index (χ1) is 14.3. The van der Waals surface area contributed by atoms with Crippen molar-refractivity contribution in [1.29, 1.82) is 0 Å². The van der Waals surface area contributed by atoms with Gasteiger partial charge in [0.05, 0.1) is 0 Å². The smallest absolute Gasteiger partial charge is 0.176 e. The highest BCUT2D eigenvalue weighted by molar-refractivity contribution is 7.80. The molecule has 29 heavy (non-hydrogen) atoms. The summed E-state index contributed by atoms with van der Waals surface area (Å²) in [6.07, 6.45) is 2.20. The van der Waals surface area contributed by atoms with Crippen molar-refractivity contribution in [2.45, 2.75) is 19.4 Å². The maximum atomic E-state index is 5.98. The average molecular weight is 403 g/mol. The highest BCUT2D eigenvalue weighted by Crippen LogP contribution is 2.25. The van der Waals surface area contributed by atoms with E-state index in [9.17, 15) is 0 Å². The summed E-state index contributed by atoms with van der Waals surface area (Å²) < 4.78 is 5.98. The normalized spacial score (nSPS) is 13.7. The quantitative estimate of drug-likeness (QED) is 0.475. The number of hydrogen-bond acceptors (Lipinski definition) is 2. The fraction of sp³-hybridized carbons (Fsp3) is 0.240. The molecular formula is C25H26N2OS. The minimum absolute atomic E-state index is 0.570. The SMILES string of the molecule is S=C1N(CCCc2ccccc2)CCN1c1cccc(OCc2ccccc2)c1. The van der Waals surface area contributed by atoms with Gasteiger partial charge in [-0.05, 0) is 48.3 Å². The fourth-order valence-electron chi connectivity index (χ4n) is 3.63. The lowest BCUT2D eigenvalue weighted by atomic mass is 10.1. The van der Waals surface area contributed by atoms with Crippen molar-refractivity contribution in [3.8, 4) is 5.75 Å². The van der Waals surface area contributed by atoms with Gasteiger partial charge in [0, 0.05) is 31.4 Å². The van der Waals surface area contributed by atoms with Crippen molar-refractivity contribution in [3.63, 3.8) is 0 Å². The molecular weight excluding hydrogens is 376 g/mol. The number of aryl methyl sites for hydroxylation is 1. The number of thiocarbonyl (C=S) groups is 1. The third-order valence-corrected chi connectivity index (χ3v) is 5.69. The molecule has 0 amide bonds. The molecule has 0 radical (unpaired) electrons. The summed E-state index contributed by atoms with van der Waals surface area (Å²) in [5.41, 5.74) is 3.66. The lowest BCUT2D eigenvalue weighted by Gasteiger charge is -2.22. The van der Waals surface area contributed by atoms with E-state index in [1.165, 1.54) is 11.1 Å². The predicted molar refractivity (Wildman–Crippen MR) is 123 cm³/mol. The largest absolute Gasteiger partial charge is 0.489 e. The van der Waals surface area contributed by atoms with Gasteiger partial charge in [0.15, 0.2) is 5.11 Å². The van der Waals surface area contributed by atoms with Gasteiger partial charge in [-0.1, -0.05) is 66.7 Å². The Morgan fingerprint density at radius 1 is 0.793 bits per heavy atom. The molecule has 3 aromatic rings.